The Morgan fingerprint density at radius 3 is 2.83 bits per heavy atom. The van der Waals surface area contributed by atoms with Crippen molar-refractivity contribution in [3.05, 3.63) is 53.8 Å². The lowest BCUT2D eigenvalue weighted by molar-refractivity contribution is -0.115. The summed E-state index contributed by atoms with van der Waals surface area (Å²) in [5.74, 6) is -0.719. The van der Waals surface area contributed by atoms with Gasteiger partial charge in [-0.05, 0) is 49.2 Å². The minimum atomic E-state index is -0.739. The van der Waals surface area contributed by atoms with E-state index in [1.54, 1.807) is 24.3 Å². The van der Waals surface area contributed by atoms with Crippen molar-refractivity contribution in [3.63, 3.8) is 0 Å². The number of carbonyl (C=O) groups is 1. The molecule has 29 heavy (non-hydrogen) atoms. The maximum Gasteiger partial charge on any atom is 0.237 e. The molecule has 152 valence electrons. The molecule has 2 aromatic rings. The van der Waals surface area contributed by atoms with Crippen LogP contribution >= 0.6 is 0 Å². The number of benzene rings is 2. The van der Waals surface area contributed by atoms with Crippen LogP contribution in [0.15, 0.2) is 47.5 Å². The van der Waals surface area contributed by atoms with Crippen LogP contribution in [0.1, 0.15) is 24.3 Å². The first-order chi connectivity index (χ1) is 14.1. The zero-order chi connectivity index (χ0) is 20.2. The molecule has 2 aliphatic heterocycles. The van der Waals surface area contributed by atoms with Gasteiger partial charge in [0, 0.05) is 37.1 Å². The summed E-state index contributed by atoms with van der Waals surface area (Å²) in [4.78, 5) is 18.5. The zero-order valence-corrected chi connectivity index (χ0v) is 16.0. The van der Waals surface area contributed by atoms with Gasteiger partial charge >= 0.3 is 0 Å². The molecule has 4 rings (SSSR count). The first kappa shape index (κ1) is 19.5. The second-order valence-corrected chi connectivity index (χ2v) is 7.33. The van der Waals surface area contributed by atoms with Crippen LogP contribution < -0.4 is 10.1 Å². The van der Waals surface area contributed by atoms with Crippen LogP contribution in [0.4, 0.5) is 20.2 Å². The van der Waals surface area contributed by atoms with Crippen molar-refractivity contribution in [1.82, 2.24) is 4.90 Å². The van der Waals surface area contributed by atoms with Gasteiger partial charge in [0.05, 0.1) is 12.3 Å². The average molecular weight is 399 g/mol. The molecule has 0 aromatic heterocycles. The Labute approximate surface area is 168 Å². The van der Waals surface area contributed by atoms with Gasteiger partial charge in [-0.1, -0.05) is 6.07 Å². The average Bonchev–Trinajstić information content (AvgIpc) is 3.27. The fourth-order valence-corrected chi connectivity index (χ4v) is 3.70. The second-order valence-electron chi connectivity index (χ2n) is 7.33. The number of carbonyl (C=O) groups excluding carboxylic acids is 1. The van der Waals surface area contributed by atoms with Gasteiger partial charge in [0.2, 0.25) is 5.91 Å². The number of rotatable bonds is 7. The molecule has 2 aliphatic rings. The van der Waals surface area contributed by atoms with Crippen molar-refractivity contribution in [2.24, 2.45) is 4.99 Å². The van der Waals surface area contributed by atoms with E-state index in [-0.39, 0.29) is 5.91 Å². The van der Waals surface area contributed by atoms with Crippen LogP contribution in [0.3, 0.4) is 0 Å². The lowest BCUT2D eigenvalue weighted by Gasteiger charge is -2.14. The Balaban J connectivity index is 1.29. The lowest BCUT2D eigenvalue weighted by Crippen LogP contribution is -2.23. The van der Waals surface area contributed by atoms with Gasteiger partial charge in [0.25, 0.3) is 0 Å². The molecule has 7 heteroatoms. The summed E-state index contributed by atoms with van der Waals surface area (Å²) in [7, 11) is 0. The molecule has 1 amide bonds. The SMILES string of the molecule is O=C1Nc2cccc(F)c2C1C=Nc1ccc(OCCCN2CCC(F)C2)cc1. The number of anilines is 1. The third kappa shape index (κ3) is 4.62. The summed E-state index contributed by atoms with van der Waals surface area (Å²) in [6.07, 6.45) is 2.25. The van der Waals surface area contributed by atoms with Crippen LogP contribution in [-0.2, 0) is 4.79 Å². The number of hydrogen-bond acceptors (Lipinski definition) is 4. The van der Waals surface area contributed by atoms with E-state index >= 15 is 0 Å². The van der Waals surface area contributed by atoms with Gasteiger partial charge in [0.1, 0.15) is 23.7 Å². The van der Waals surface area contributed by atoms with E-state index in [1.807, 2.05) is 12.1 Å². The molecule has 0 aliphatic carbocycles. The fourth-order valence-electron chi connectivity index (χ4n) is 3.70. The Kier molecular flexibility index (Phi) is 5.85. The minimum absolute atomic E-state index is 0.286. The third-order valence-electron chi connectivity index (χ3n) is 5.22. The summed E-state index contributed by atoms with van der Waals surface area (Å²) >= 11 is 0. The summed E-state index contributed by atoms with van der Waals surface area (Å²) < 4.78 is 32.9. The van der Waals surface area contributed by atoms with E-state index in [2.05, 4.69) is 15.2 Å². The molecule has 1 saturated heterocycles. The van der Waals surface area contributed by atoms with Crippen LogP contribution in [-0.4, -0.2) is 49.4 Å². The topological polar surface area (TPSA) is 53.9 Å². The largest absolute Gasteiger partial charge is 0.494 e. The van der Waals surface area contributed by atoms with Gasteiger partial charge in [-0.25, -0.2) is 8.78 Å². The highest BCUT2D eigenvalue weighted by Crippen LogP contribution is 2.33. The Morgan fingerprint density at radius 1 is 1.24 bits per heavy atom. The molecular formula is C22H23F2N3O2. The predicted octanol–water partition coefficient (Wildman–Crippen LogP) is 4.08. The molecule has 1 N–H and O–H groups in total. The summed E-state index contributed by atoms with van der Waals surface area (Å²) in [5, 5.41) is 2.67. The second kappa shape index (κ2) is 8.69. The first-order valence-corrected chi connectivity index (χ1v) is 9.83. The smallest absolute Gasteiger partial charge is 0.237 e. The molecule has 1 fully saturated rings. The highest BCUT2D eigenvalue weighted by atomic mass is 19.1. The number of aliphatic imine (C=N–C) groups is 1. The lowest BCUT2D eigenvalue weighted by atomic mass is 10.0. The number of fused-ring (bicyclic) bond motifs is 1. The molecule has 0 radical (unpaired) electrons. The van der Waals surface area contributed by atoms with Crippen molar-refractivity contribution in [2.45, 2.75) is 24.9 Å². The first-order valence-electron chi connectivity index (χ1n) is 9.83. The third-order valence-corrected chi connectivity index (χ3v) is 5.22. The predicted molar refractivity (Wildman–Crippen MR) is 108 cm³/mol. The van der Waals surface area contributed by atoms with Crippen LogP contribution in [0.5, 0.6) is 5.75 Å². The van der Waals surface area contributed by atoms with E-state index in [9.17, 15) is 13.6 Å². The molecule has 2 aromatic carbocycles. The van der Waals surface area contributed by atoms with E-state index in [0.717, 1.165) is 25.3 Å². The molecule has 0 spiro atoms. The Bertz CT molecular complexity index is 901. The number of amides is 1. The number of likely N-dealkylation sites (tertiary alicyclic amines) is 1. The highest BCUT2D eigenvalue weighted by Gasteiger charge is 2.31. The standard InChI is InChI=1S/C22H23F2N3O2/c23-15-9-11-27(14-15)10-2-12-29-17-7-5-16(6-8-17)25-13-18-21-19(24)3-1-4-20(21)26-22(18)28/h1,3-8,13,15,18H,2,9-12,14H2,(H,26,28). The van der Waals surface area contributed by atoms with Crippen molar-refractivity contribution in [1.29, 1.82) is 0 Å². The quantitative estimate of drug-likeness (QED) is 0.564. The van der Waals surface area contributed by atoms with E-state index in [0.29, 0.717) is 36.5 Å². The van der Waals surface area contributed by atoms with Gasteiger partial charge in [-0.3, -0.25) is 9.79 Å². The van der Waals surface area contributed by atoms with Gasteiger partial charge in [0.15, 0.2) is 0 Å². The maximum atomic E-state index is 14.1. The monoisotopic (exact) mass is 399 g/mol. The number of ether oxygens (including phenoxy) is 1. The normalized spacial score (nSPS) is 21.5. The van der Waals surface area contributed by atoms with Gasteiger partial charge < -0.3 is 15.0 Å². The zero-order valence-electron chi connectivity index (χ0n) is 16.0. The van der Waals surface area contributed by atoms with Crippen LogP contribution in [0, 0.1) is 5.82 Å². The fraction of sp³-hybridized carbons (Fsp3) is 0.364. The minimum Gasteiger partial charge on any atom is -0.494 e. The van der Waals surface area contributed by atoms with Gasteiger partial charge in [-0.2, -0.15) is 0 Å². The number of alkyl halides is 1. The molecule has 5 nitrogen and oxygen atoms in total. The van der Waals surface area contributed by atoms with E-state index < -0.39 is 17.9 Å². The van der Waals surface area contributed by atoms with Crippen molar-refractivity contribution < 1.29 is 18.3 Å². The summed E-state index contributed by atoms with van der Waals surface area (Å²) in [5.41, 5.74) is 1.48. The number of nitrogens with one attached hydrogen (secondary N) is 1. The number of halogens is 2. The van der Waals surface area contributed by atoms with Crippen molar-refractivity contribution in [3.8, 4) is 5.75 Å². The van der Waals surface area contributed by atoms with Crippen LogP contribution in [0.25, 0.3) is 0 Å². The molecule has 0 saturated carbocycles. The Morgan fingerprint density at radius 2 is 2.07 bits per heavy atom. The number of nitrogens with zero attached hydrogens (tertiary/aromatic N) is 2. The molecular weight excluding hydrogens is 376 g/mol. The molecule has 2 heterocycles. The molecule has 2 unspecified atom stereocenters. The van der Waals surface area contributed by atoms with E-state index in [1.165, 1.54) is 12.3 Å². The van der Waals surface area contributed by atoms with Crippen LogP contribution in [0.2, 0.25) is 0 Å². The van der Waals surface area contributed by atoms with Crippen molar-refractivity contribution >= 4 is 23.5 Å². The number of hydrogen-bond donors (Lipinski definition) is 1. The van der Waals surface area contributed by atoms with Gasteiger partial charge in [-0.15, -0.1) is 0 Å². The molecule has 0 bridgehead atoms. The summed E-state index contributed by atoms with van der Waals surface area (Å²) in [6.45, 7) is 2.75. The highest BCUT2D eigenvalue weighted by molar-refractivity contribution is 6.12. The molecule has 2 atom stereocenters. The summed E-state index contributed by atoms with van der Waals surface area (Å²) in [6, 6.07) is 11.8. The maximum absolute atomic E-state index is 14.1. The Hall–Kier alpha value is -2.80. The van der Waals surface area contributed by atoms with Crippen molar-refractivity contribution in [2.75, 3.05) is 31.6 Å². The van der Waals surface area contributed by atoms with E-state index in [4.69, 9.17) is 4.74 Å².